The maximum atomic E-state index is 13.8. The molecule has 0 aliphatic heterocycles. The van der Waals surface area contributed by atoms with Gasteiger partial charge in [-0.25, -0.2) is 8.78 Å². The van der Waals surface area contributed by atoms with Crippen molar-refractivity contribution in [1.29, 1.82) is 0 Å². The Morgan fingerprint density at radius 3 is 2.38 bits per heavy atom. The molecular weight excluding hydrogens is 338 g/mol. The number of benzene rings is 2. The summed E-state index contributed by atoms with van der Waals surface area (Å²) in [6.07, 6.45) is 0. The van der Waals surface area contributed by atoms with Crippen LogP contribution in [-0.4, -0.2) is 11.8 Å². The van der Waals surface area contributed by atoms with Crippen LogP contribution in [0.5, 0.6) is 0 Å². The molecule has 0 heterocycles. The number of hydrogen-bond donors (Lipinski definition) is 2. The molecule has 0 aliphatic rings. The van der Waals surface area contributed by atoms with Gasteiger partial charge in [-0.15, -0.1) is 0 Å². The summed E-state index contributed by atoms with van der Waals surface area (Å²) in [4.78, 5) is 24.5. The first-order chi connectivity index (χ1) is 12.1. The van der Waals surface area contributed by atoms with Crippen LogP contribution in [-0.2, 0) is 4.79 Å². The SMILES string of the molecule is CC(NC(=O)c1cccc(NC(=O)C(C)(C)C)c1)c1cc(F)ccc1F. The summed E-state index contributed by atoms with van der Waals surface area (Å²) in [7, 11) is 0. The zero-order valence-electron chi connectivity index (χ0n) is 15.2. The van der Waals surface area contributed by atoms with Crippen LogP contribution >= 0.6 is 0 Å². The molecule has 138 valence electrons. The van der Waals surface area contributed by atoms with Crippen molar-refractivity contribution in [2.45, 2.75) is 33.7 Å². The number of hydrogen-bond acceptors (Lipinski definition) is 2. The second-order valence-electron chi connectivity index (χ2n) is 7.15. The van der Waals surface area contributed by atoms with E-state index in [0.29, 0.717) is 11.3 Å². The van der Waals surface area contributed by atoms with Crippen LogP contribution in [0.25, 0.3) is 0 Å². The maximum Gasteiger partial charge on any atom is 0.251 e. The normalized spacial score (nSPS) is 12.4. The van der Waals surface area contributed by atoms with Gasteiger partial charge >= 0.3 is 0 Å². The predicted molar refractivity (Wildman–Crippen MR) is 96.8 cm³/mol. The molecule has 2 N–H and O–H groups in total. The number of halogens is 2. The first-order valence-electron chi connectivity index (χ1n) is 8.25. The average molecular weight is 360 g/mol. The van der Waals surface area contributed by atoms with Gasteiger partial charge in [0.1, 0.15) is 11.6 Å². The van der Waals surface area contributed by atoms with Gasteiger partial charge in [0.2, 0.25) is 5.91 Å². The van der Waals surface area contributed by atoms with Crippen LogP contribution in [0.15, 0.2) is 42.5 Å². The lowest BCUT2D eigenvalue weighted by Gasteiger charge is -2.18. The second kappa shape index (κ2) is 7.64. The summed E-state index contributed by atoms with van der Waals surface area (Å²) < 4.78 is 27.1. The molecule has 0 spiro atoms. The van der Waals surface area contributed by atoms with Gasteiger partial charge in [0.05, 0.1) is 6.04 Å². The van der Waals surface area contributed by atoms with Gasteiger partial charge in [-0.05, 0) is 43.3 Å². The van der Waals surface area contributed by atoms with E-state index in [0.717, 1.165) is 18.2 Å². The van der Waals surface area contributed by atoms with E-state index in [-0.39, 0.29) is 11.5 Å². The summed E-state index contributed by atoms with van der Waals surface area (Å²) in [5.41, 5.74) is 0.292. The van der Waals surface area contributed by atoms with Crippen molar-refractivity contribution in [3.63, 3.8) is 0 Å². The molecule has 0 aromatic heterocycles. The lowest BCUT2D eigenvalue weighted by molar-refractivity contribution is -0.123. The number of carbonyl (C=O) groups excluding carboxylic acids is 2. The average Bonchev–Trinajstić information content (AvgIpc) is 2.56. The third kappa shape index (κ3) is 4.88. The van der Waals surface area contributed by atoms with E-state index in [2.05, 4.69) is 10.6 Å². The van der Waals surface area contributed by atoms with Gasteiger partial charge in [-0.1, -0.05) is 26.8 Å². The molecule has 0 saturated carbocycles. The molecule has 0 fully saturated rings. The van der Waals surface area contributed by atoms with E-state index in [1.54, 1.807) is 45.9 Å². The third-order valence-corrected chi connectivity index (χ3v) is 3.84. The minimum absolute atomic E-state index is 0.0653. The molecule has 2 aromatic carbocycles. The minimum Gasteiger partial charge on any atom is -0.345 e. The van der Waals surface area contributed by atoms with Gasteiger partial charge < -0.3 is 10.6 Å². The lowest BCUT2D eigenvalue weighted by atomic mass is 9.95. The number of nitrogens with one attached hydrogen (secondary N) is 2. The highest BCUT2D eigenvalue weighted by molar-refractivity contribution is 5.98. The number of anilines is 1. The summed E-state index contributed by atoms with van der Waals surface area (Å²) in [5.74, 6) is -1.79. The largest absolute Gasteiger partial charge is 0.345 e. The Hall–Kier alpha value is -2.76. The van der Waals surface area contributed by atoms with E-state index in [1.165, 1.54) is 6.07 Å². The van der Waals surface area contributed by atoms with Crippen LogP contribution in [0.1, 0.15) is 49.7 Å². The Morgan fingerprint density at radius 1 is 1.04 bits per heavy atom. The summed E-state index contributed by atoms with van der Waals surface area (Å²) in [5, 5.41) is 5.38. The Labute approximate surface area is 151 Å². The first kappa shape index (κ1) is 19.6. The molecule has 1 atom stereocenters. The zero-order valence-corrected chi connectivity index (χ0v) is 15.2. The number of rotatable bonds is 4. The minimum atomic E-state index is -0.717. The molecule has 2 aromatic rings. The van der Waals surface area contributed by atoms with E-state index in [9.17, 15) is 18.4 Å². The Morgan fingerprint density at radius 2 is 1.73 bits per heavy atom. The van der Waals surface area contributed by atoms with Crippen molar-refractivity contribution in [3.05, 3.63) is 65.2 Å². The van der Waals surface area contributed by atoms with Gasteiger partial charge in [-0.2, -0.15) is 0 Å². The Kier molecular flexibility index (Phi) is 5.75. The fraction of sp³-hybridized carbons (Fsp3) is 0.300. The summed E-state index contributed by atoms with van der Waals surface area (Å²) in [6, 6.07) is 8.82. The molecule has 0 aliphatic carbocycles. The molecule has 6 heteroatoms. The van der Waals surface area contributed by atoms with Gasteiger partial charge in [0.25, 0.3) is 5.91 Å². The standard InChI is InChI=1S/C20H22F2N2O2/c1-12(16-11-14(21)8-9-17(16)22)23-18(25)13-6-5-7-15(10-13)24-19(26)20(2,3)4/h5-12H,1-4H3,(H,23,25)(H,24,26). The summed E-state index contributed by atoms with van der Waals surface area (Å²) >= 11 is 0. The smallest absolute Gasteiger partial charge is 0.251 e. The molecule has 0 saturated heterocycles. The van der Waals surface area contributed by atoms with Crippen molar-refractivity contribution < 1.29 is 18.4 Å². The van der Waals surface area contributed by atoms with Crippen molar-refractivity contribution in [3.8, 4) is 0 Å². The zero-order chi connectivity index (χ0) is 19.5. The van der Waals surface area contributed by atoms with Crippen LogP contribution < -0.4 is 10.6 Å². The first-order valence-corrected chi connectivity index (χ1v) is 8.25. The highest BCUT2D eigenvalue weighted by atomic mass is 19.1. The molecule has 2 rings (SSSR count). The van der Waals surface area contributed by atoms with Crippen LogP contribution in [0, 0.1) is 17.0 Å². The van der Waals surface area contributed by atoms with Crippen molar-refractivity contribution in [2.75, 3.05) is 5.32 Å². The monoisotopic (exact) mass is 360 g/mol. The van der Waals surface area contributed by atoms with Gasteiger partial charge in [0, 0.05) is 22.2 Å². The fourth-order valence-corrected chi connectivity index (χ4v) is 2.26. The molecule has 26 heavy (non-hydrogen) atoms. The Balaban J connectivity index is 2.13. The Bertz CT molecular complexity index is 829. The highest BCUT2D eigenvalue weighted by Gasteiger charge is 2.21. The maximum absolute atomic E-state index is 13.8. The predicted octanol–water partition coefficient (Wildman–Crippen LogP) is 4.44. The molecule has 0 radical (unpaired) electrons. The van der Waals surface area contributed by atoms with Crippen LogP contribution in [0.3, 0.4) is 0 Å². The quantitative estimate of drug-likeness (QED) is 0.847. The fourth-order valence-electron chi connectivity index (χ4n) is 2.26. The van der Waals surface area contributed by atoms with Crippen molar-refractivity contribution in [2.24, 2.45) is 5.41 Å². The topological polar surface area (TPSA) is 58.2 Å². The van der Waals surface area contributed by atoms with E-state index < -0.39 is 29.0 Å². The van der Waals surface area contributed by atoms with Gasteiger partial charge in [0.15, 0.2) is 0 Å². The molecular formula is C20H22F2N2O2. The lowest BCUT2D eigenvalue weighted by Crippen LogP contribution is -2.29. The van der Waals surface area contributed by atoms with E-state index in [1.807, 2.05) is 0 Å². The van der Waals surface area contributed by atoms with E-state index in [4.69, 9.17) is 0 Å². The molecule has 4 nitrogen and oxygen atoms in total. The number of carbonyl (C=O) groups is 2. The number of amides is 2. The van der Waals surface area contributed by atoms with Crippen LogP contribution in [0.2, 0.25) is 0 Å². The van der Waals surface area contributed by atoms with Crippen molar-refractivity contribution in [1.82, 2.24) is 5.32 Å². The molecule has 0 bridgehead atoms. The second-order valence-corrected chi connectivity index (χ2v) is 7.15. The van der Waals surface area contributed by atoms with Gasteiger partial charge in [-0.3, -0.25) is 9.59 Å². The van der Waals surface area contributed by atoms with Crippen molar-refractivity contribution >= 4 is 17.5 Å². The third-order valence-electron chi connectivity index (χ3n) is 3.84. The van der Waals surface area contributed by atoms with E-state index >= 15 is 0 Å². The highest BCUT2D eigenvalue weighted by Crippen LogP contribution is 2.20. The molecule has 1 unspecified atom stereocenters. The molecule has 2 amide bonds. The van der Waals surface area contributed by atoms with Crippen LogP contribution in [0.4, 0.5) is 14.5 Å². The summed E-state index contributed by atoms with van der Waals surface area (Å²) in [6.45, 7) is 6.93.